The van der Waals surface area contributed by atoms with Gasteiger partial charge in [0.25, 0.3) is 5.69 Å². The molecule has 0 bridgehead atoms. The summed E-state index contributed by atoms with van der Waals surface area (Å²) in [7, 11) is 0. The second-order valence-electron chi connectivity index (χ2n) is 6.00. The van der Waals surface area contributed by atoms with Crippen LogP contribution in [0.5, 0.6) is 0 Å². The van der Waals surface area contributed by atoms with Crippen molar-refractivity contribution in [3.05, 3.63) is 88.1 Å². The summed E-state index contributed by atoms with van der Waals surface area (Å²) in [5.74, 6) is 0.494. The molecule has 3 aromatic rings. The molecule has 1 atom stereocenters. The first-order valence-electron chi connectivity index (χ1n) is 8.23. The van der Waals surface area contributed by atoms with E-state index in [0.717, 1.165) is 16.7 Å². The maximum Gasteiger partial charge on any atom is 0.290 e. The van der Waals surface area contributed by atoms with Gasteiger partial charge in [-0.1, -0.05) is 54.6 Å². The lowest BCUT2D eigenvalue weighted by Crippen LogP contribution is -2.13. The lowest BCUT2D eigenvalue weighted by Gasteiger charge is -2.13. The van der Waals surface area contributed by atoms with Crippen molar-refractivity contribution in [3.63, 3.8) is 0 Å². The minimum absolute atomic E-state index is 0.0207. The zero-order chi connectivity index (χ0) is 18.5. The van der Waals surface area contributed by atoms with Gasteiger partial charge in [-0.15, -0.1) is 0 Å². The first kappa shape index (κ1) is 17.6. The molecule has 132 valence electrons. The number of aromatic nitrogens is 1. The van der Waals surface area contributed by atoms with Gasteiger partial charge in [0.15, 0.2) is 0 Å². The van der Waals surface area contributed by atoms with Crippen molar-refractivity contribution >= 4 is 11.5 Å². The Bertz CT molecular complexity index is 896. The third-order valence-corrected chi connectivity index (χ3v) is 4.16. The molecule has 0 spiro atoms. The number of hydrogen-bond donors (Lipinski definition) is 2. The summed E-state index contributed by atoms with van der Waals surface area (Å²) in [4.78, 5) is 14.4. The van der Waals surface area contributed by atoms with Crippen molar-refractivity contribution in [2.45, 2.75) is 13.0 Å². The van der Waals surface area contributed by atoms with Gasteiger partial charge in [-0.2, -0.15) is 0 Å². The van der Waals surface area contributed by atoms with Gasteiger partial charge in [0.1, 0.15) is 12.0 Å². The topological polar surface area (TPSA) is 88.3 Å². The number of aryl methyl sites for hydroxylation is 1. The number of nitrogens with one attached hydrogen (secondary N) is 1. The quantitative estimate of drug-likeness (QED) is 0.516. The fourth-order valence-electron chi connectivity index (χ4n) is 2.68. The average molecular weight is 349 g/mol. The van der Waals surface area contributed by atoms with Gasteiger partial charge in [-0.3, -0.25) is 10.1 Å². The smallest absolute Gasteiger partial charge is 0.290 e. The van der Waals surface area contributed by atoms with E-state index >= 15 is 0 Å². The minimum Gasteiger partial charge on any atom is -0.387 e. The Kier molecular flexibility index (Phi) is 5.24. The van der Waals surface area contributed by atoms with Crippen LogP contribution in [0.4, 0.5) is 11.5 Å². The Hall–Kier alpha value is -3.25. The van der Waals surface area contributed by atoms with E-state index in [9.17, 15) is 15.2 Å². The molecule has 0 fully saturated rings. The molecule has 1 unspecified atom stereocenters. The van der Waals surface area contributed by atoms with E-state index < -0.39 is 11.0 Å². The minimum atomic E-state index is -0.711. The Labute approximate surface area is 151 Å². The van der Waals surface area contributed by atoms with E-state index in [4.69, 9.17) is 0 Å². The van der Waals surface area contributed by atoms with Gasteiger partial charge in [0.05, 0.1) is 11.0 Å². The van der Waals surface area contributed by atoms with Gasteiger partial charge < -0.3 is 10.4 Å². The molecule has 0 radical (unpaired) electrons. The van der Waals surface area contributed by atoms with Crippen molar-refractivity contribution < 1.29 is 10.0 Å². The van der Waals surface area contributed by atoms with Crippen molar-refractivity contribution in [2.75, 3.05) is 11.9 Å². The van der Waals surface area contributed by atoms with Gasteiger partial charge in [-0.05, 0) is 29.7 Å². The van der Waals surface area contributed by atoms with Crippen molar-refractivity contribution in [1.82, 2.24) is 4.98 Å². The maximum atomic E-state index is 10.8. The van der Waals surface area contributed by atoms with Gasteiger partial charge >= 0.3 is 0 Å². The molecule has 0 aliphatic carbocycles. The number of rotatable bonds is 6. The fourth-order valence-corrected chi connectivity index (χ4v) is 2.68. The molecule has 1 aromatic heterocycles. The van der Waals surface area contributed by atoms with E-state index in [0.29, 0.717) is 11.4 Å². The molecule has 6 nitrogen and oxygen atoms in total. The van der Waals surface area contributed by atoms with Gasteiger partial charge in [0.2, 0.25) is 0 Å². The van der Waals surface area contributed by atoms with E-state index in [1.54, 1.807) is 13.0 Å². The second-order valence-corrected chi connectivity index (χ2v) is 6.00. The summed E-state index contributed by atoms with van der Waals surface area (Å²) in [6.07, 6.45) is 0.510. The number of aliphatic hydroxyl groups excluding tert-OH is 1. The lowest BCUT2D eigenvalue weighted by molar-refractivity contribution is -0.385. The van der Waals surface area contributed by atoms with Crippen LogP contribution >= 0.6 is 0 Å². The molecule has 2 aromatic carbocycles. The summed E-state index contributed by atoms with van der Waals surface area (Å²) in [5.41, 5.74) is 3.50. The molecule has 0 aliphatic rings. The summed E-state index contributed by atoms with van der Waals surface area (Å²) in [6, 6.07) is 19.4. The van der Waals surface area contributed by atoms with Crippen LogP contribution in [0.2, 0.25) is 0 Å². The van der Waals surface area contributed by atoms with Crippen LogP contribution in [-0.4, -0.2) is 21.6 Å². The molecule has 3 rings (SSSR count). The van der Waals surface area contributed by atoms with Gasteiger partial charge in [-0.25, -0.2) is 4.98 Å². The van der Waals surface area contributed by atoms with Crippen LogP contribution in [0.15, 0.2) is 66.9 Å². The third-order valence-electron chi connectivity index (χ3n) is 4.16. The van der Waals surface area contributed by atoms with Crippen molar-refractivity contribution in [3.8, 4) is 11.1 Å². The zero-order valence-electron chi connectivity index (χ0n) is 14.3. The summed E-state index contributed by atoms with van der Waals surface area (Å²) in [5, 5.41) is 24.2. The number of nitro groups is 1. The summed E-state index contributed by atoms with van der Waals surface area (Å²) < 4.78 is 0. The van der Waals surface area contributed by atoms with Crippen LogP contribution in [0, 0.1) is 17.0 Å². The molecule has 6 heteroatoms. The number of anilines is 1. The average Bonchev–Trinajstić information content (AvgIpc) is 2.66. The van der Waals surface area contributed by atoms with Gasteiger partial charge in [0, 0.05) is 12.1 Å². The number of aliphatic hydroxyl groups is 1. The molecule has 2 N–H and O–H groups in total. The van der Waals surface area contributed by atoms with E-state index in [2.05, 4.69) is 10.3 Å². The highest BCUT2D eigenvalue weighted by Gasteiger charge is 2.13. The molecular formula is C20H19N3O3. The number of nitrogens with zero attached hydrogens (tertiary/aromatic N) is 2. The number of benzene rings is 2. The number of hydrogen-bond acceptors (Lipinski definition) is 5. The van der Waals surface area contributed by atoms with E-state index in [-0.39, 0.29) is 12.2 Å². The van der Waals surface area contributed by atoms with Crippen molar-refractivity contribution in [2.24, 2.45) is 0 Å². The van der Waals surface area contributed by atoms with E-state index in [1.807, 2.05) is 54.6 Å². The predicted molar refractivity (Wildman–Crippen MR) is 101 cm³/mol. The monoisotopic (exact) mass is 349 g/mol. The Morgan fingerprint density at radius 3 is 2.38 bits per heavy atom. The SMILES string of the molecule is Cc1cc(NCC(O)c2ccc(-c3ccccc3)cc2)ncc1[N+](=O)[O-]. The number of pyridine rings is 1. The highest BCUT2D eigenvalue weighted by atomic mass is 16.6. The highest BCUT2D eigenvalue weighted by Crippen LogP contribution is 2.23. The normalized spacial score (nSPS) is 11.8. The molecule has 0 saturated heterocycles. The molecule has 0 amide bonds. The summed E-state index contributed by atoms with van der Waals surface area (Å²) in [6.45, 7) is 1.92. The first-order valence-corrected chi connectivity index (χ1v) is 8.23. The molecule has 0 aliphatic heterocycles. The second kappa shape index (κ2) is 7.76. The highest BCUT2D eigenvalue weighted by molar-refractivity contribution is 5.63. The van der Waals surface area contributed by atoms with Crippen molar-refractivity contribution in [1.29, 1.82) is 0 Å². The molecule has 1 heterocycles. The van der Waals surface area contributed by atoms with Crippen LogP contribution in [0.25, 0.3) is 11.1 Å². The molecule has 26 heavy (non-hydrogen) atoms. The maximum absolute atomic E-state index is 10.8. The predicted octanol–water partition coefficient (Wildman–Crippen LogP) is 4.11. The van der Waals surface area contributed by atoms with Crippen LogP contribution in [0.1, 0.15) is 17.2 Å². The van der Waals surface area contributed by atoms with Crippen LogP contribution in [0.3, 0.4) is 0 Å². The Balaban J connectivity index is 1.64. The largest absolute Gasteiger partial charge is 0.387 e. The van der Waals surface area contributed by atoms with Crippen LogP contribution < -0.4 is 5.32 Å². The zero-order valence-corrected chi connectivity index (χ0v) is 14.3. The third kappa shape index (κ3) is 4.04. The Morgan fingerprint density at radius 2 is 1.77 bits per heavy atom. The molecule has 0 saturated carbocycles. The molecular weight excluding hydrogens is 330 g/mol. The summed E-state index contributed by atoms with van der Waals surface area (Å²) >= 11 is 0. The first-order chi connectivity index (χ1) is 12.5. The van der Waals surface area contributed by atoms with E-state index in [1.165, 1.54) is 6.20 Å². The Morgan fingerprint density at radius 1 is 1.12 bits per heavy atom. The lowest BCUT2D eigenvalue weighted by atomic mass is 10.0. The fraction of sp³-hybridized carbons (Fsp3) is 0.150. The standard InChI is InChI=1S/C20H19N3O3/c1-14-11-20(21-12-18(14)23(25)26)22-13-19(24)17-9-7-16(8-10-17)15-5-3-2-4-6-15/h2-12,19,24H,13H2,1H3,(H,21,22). The van der Waals surface area contributed by atoms with Crippen LogP contribution in [-0.2, 0) is 0 Å².